The maximum atomic E-state index is 12.8. The Kier molecular flexibility index (Phi) is 6.20. The quantitative estimate of drug-likeness (QED) is 0.774. The summed E-state index contributed by atoms with van der Waals surface area (Å²) in [6, 6.07) is 10.7. The molecule has 4 rings (SSSR count). The van der Waals surface area contributed by atoms with E-state index in [-0.39, 0.29) is 11.8 Å². The molecule has 1 aromatic carbocycles. The van der Waals surface area contributed by atoms with E-state index in [2.05, 4.69) is 40.1 Å². The number of piperidine rings is 1. The summed E-state index contributed by atoms with van der Waals surface area (Å²) in [6.07, 6.45) is 3.73. The summed E-state index contributed by atoms with van der Waals surface area (Å²) >= 11 is 0. The van der Waals surface area contributed by atoms with Crippen LogP contribution in [0.15, 0.2) is 30.3 Å². The van der Waals surface area contributed by atoms with E-state index in [1.165, 1.54) is 31.4 Å². The molecule has 2 amide bonds. The van der Waals surface area contributed by atoms with Crippen LogP contribution in [0.2, 0.25) is 0 Å². The molecule has 3 aliphatic rings. The highest BCUT2D eigenvalue weighted by molar-refractivity contribution is 5.79. The first kappa shape index (κ1) is 20.4. The highest BCUT2D eigenvalue weighted by atomic mass is 16.2. The van der Waals surface area contributed by atoms with Gasteiger partial charge in [-0.25, -0.2) is 0 Å². The summed E-state index contributed by atoms with van der Waals surface area (Å²) in [6.45, 7) is 10.2. The number of piperazine rings is 1. The average Bonchev–Trinajstić information content (AvgIpc) is 3.10. The number of amides is 2. The van der Waals surface area contributed by atoms with Crippen molar-refractivity contribution in [2.75, 3.05) is 58.9 Å². The normalized spacial score (nSPS) is 26.2. The number of hydrogen-bond acceptors (Lipinski definition) is 4. The summed E-state index contributed by atoms with van der Waals surface area (Å²) in [4.78, 5) is 33.0. The summed E-state index contributed by atoms with van der Waals surface area (Å²) < 4.78 is 0. The molecular formula is C23H34N4O2. The zero-order valence-electron chi connectivity index (χ0n) is 17.7. The Morgan fingerprint density at radius 3 is 2.28 bits per heavy atom. The molecule has 3 heterocycles. The van der Waals surface area contributed by atoms with E-state index in [0.717, 1.165) is 26.2 Å². The number of benzene rings is 1. The second-order valence-corrected chi connectivity index (χ2v) is 9.15. The molecule has 0 saturated carbocycles. The SMILES string of the molecule is CC(=O)N1CCN(C(=O)CN2CCC3(CCCN(Cc4ccccc4)C3)C2)CC1. The van der Waals surface area contributed by atoms with Gasteiger partial charge in [-0.2, -0.15) is 0 Å². The molecular weight excluding hydrogens is 364 g/mol. The van der Waals surface area contributed by atoms with Gasteiger partial charge >= 0.3 is 0 Å². The van der Waals surface area contributed by atoms with Crippen molar-refractivity contribution in [2.45, 2.75) is 32.7 Å². The van der Waals surface area contributed by atoms with Gasteiger partial charge in [-0.3, -0.25) is 19.4 Å². The molecule has 158 valence electrons. The molecule has 1 spiro atoms. The monoisotopic (exact) mass is 398 g/mol. The van der Waals surface area contributed by atoms with Gasteiger partial charge in [0.05, 0.1) is 6.54 Å². The second kappa shape index (κ2) is 8.84. The molecule has 1 unspecified atom stereocenters. The fourth-order valence-electron chi connectivity index (χ4n) is 5.34. The second-order valence-electron chi connectivity index (χ2n) is 9.15. The lowest BCUT2D eigenvalue weighted by atomic mass is 9.79. The van der Waals surface area contributed by atoms with Crippen molar-refractivity contribution < 1.29 is 9.59 Å². The highest BCUT2D eigenvalue weighted by Gasteiger charge is 2.41. The van der Waals surface area contributed by atoms with Crippen LogP contribution in [-0.4, -0.2) is 90.3 Å². The fourth-order valence-corrected chi connectivity index (χ4v) is 5.34. The zero-order chi connectivity index (χ0) is 20.3. The Labute approximate surface area is 174 Å². The first-order valence-electron chi connectivity index (χ1n) is 11.0. The Bertz CT molecular complexity index is 717. The van der Waals surface area contributed by atoms with Crippen LogP contribution in [0, 0.1) is 5.41 Å². The molecule has 0 radical (unpaired) electrons. The molecule has 6 heteroatoms. The molecule has 1 aromatic rings. The molecule has 0 aliphatic carbocycles. The van der Waals surface area contributed by atoms with Crippen molar-refractivity contribution in [3.63, 3.8) is 0 Å². The predicted octanol–water partition coefficient (Wildman–Crippen LogP) is 1.67. The van der Waals surface area contributed by atoms with E-state index in [1.54, 1.807) is 6.92 Å². The van der Waals surface area contributed by atoms with Crippen molar-refractivity contribution >= 4 is 11.8 Å². The van der Waals surface area contributed by atoms with Crippen LogP contribution >= 0.6 is 0 Å². The first-order chi connectivity index (χ1) is 14.0. The summed E-state index contributed by atoms with van der Waals surface area (Å²) in [5.74, 6) is 0.332. The highest BCUT2D eigenvalue weighted by Crippen LogP contribution is 2.39. The predicted molar refractivity (Wildman–Crippen MR) is 113 cm³/mol. The van der Waals surface area contributed by atoms with Gasteiger partial charge in [0.15, 0.2) is 0 Å². The molecule has 3 saturated heterocycles. The van der Waals surface area contributed by atoms with Gasteiger partial charge in [0, 0.05) is 52.7 Å². The van der Waals surface area contributed by atoms with Crippen molar-refractivity contribution in [1.29, 1.82) is 0 Å². The number of rotatable bonds is 4. The molecule has 29 heavy (non-hydrogen) atoms. The minimum atomic E-state index is 0.107. The fraction of sp³-hybridized carbons (Fsp3) is 0.652. The Hall–Kier alpha value is -1.92. The van der Waals surface area contributed by atoms with Crippen LogP contribution in [-0.2, 0) is 16.1 Å². The topological polar surface area (TPSA) is 47.1 Å². The first-order valence-corrected chi connectivity index (χ1v) is 11.0. The van der Waals surface area contributed by atoms with E-state index >= 15 is 0 Å². The van der Waals surface area contributed by atoms with E-state index in [0.29, 0.717) is 38.1 Å². The summed E-state index contributed by atoms with van der Waals surface area (Å²) in [5.41, 5.74) is 1.74. The molecule has 3 fully saturated rings. The van der Waals surface area contributed by atoms with Crippen molar-refractivity contribution in [3.05, 3.63) is 35.9 Å². The Balaban J connectivity index is 1.27. The zero-order valence-corrected chi connectivity index (χ0v) is 17.7. The minimum absolute atomic E-state index is 0.107. The third-order valence-corrected chi connectivity index (χ3v) is 6.94. The molecule has 1 atom stereocenters. The van der Waals surface area contributed by atoms with Gasteiger partial charge in [0.1, 0.15) is 0 Å². The summed E-state index contributed by atoms with van der Waals surface area (Å²) in [5, 5.41) is 0. The average molecular weight is 399 g/mol. The van der Waals surface area contributed by atoms with E-state index in [9.17, 15) is 9.59 Å². The number of likely N-dealkylation sites (tertiary alicyclic amines) is 2. The van der Waals surface area contributed by atoms with Crippen molar-refractivity contribution in [1.82, 2.24) is 19.6 Å². The molecule has 0 aromatic heterocycles. The third-order valence-electron chi connectivity index (χ3n) is 6.94. The van der Waals surface area contributed by atoms with Gasteiger partial charge in [-0.1, -0.05) is 30.3 Å². The molecule has 0 N–H and O–H groups in total. The van der Waals surface area contributed by atoms with E-state index in [1.807, 2.05) is 9.80 Å². The van der Waals surface area contributed by atoms with Crippen LogP contribution in [0.3, 0.4) is 0 Å². The summed E-state index contributed by atoms with van der Waals surface area (Å²) in [7, 11) is 0. The van der Waals surface area contributed by atoms with Gasteiger partial charge in [-0.15, -0.1) is 0 Å². The maximum absolute atomic E-state index is 12.8. The lowest BCUT2D eigenvalue weighted by Gasteiger charge is -2.40. The van der Waals surface area contributed by atoms with Crippen LogP contribution in [0.1, 0.15) is 31.7 Å². The molecule has 0 bridgehead atoms. The van der Waals surface area contributed by atoms with Crippen molar-refractivity contribution in [3.8, 4) is 0 Å². The van der Waals surface area contributed by atoms with Gasteiger partial charge in [0.2, 0.25) is 11.8 Å². The largest absolute Gasteiger partial charge is 0.339 e. The van der Waals surface area contributed by atoms with Gasteiger partial charge in [-0.05, 0) is 43.3 Å². The van der Waals surface area contributed by atoms with Crippen LogP contribution in [0.5, 0.6) is 0 Å². The smallest absolute Gasteiger partial charge is 0.236 e. The number of nitrogens with zero attached hydrogens (tertiary/aromatic N) is 4. The Morgan fingerprint density at radius 1 is 0.862 bits per heavy atom. The Morgan fingerprint density at radius 2 is 1.55 bits per heavy atom. The third kappa shape index (κ3) is 4.98. The van der Waals surface area contributed by atoms with Gasteiger partial charge < -0.3 is 9.80 Å². The van der Waals surface area contributed by atoms with E-state index < -0.39 is 0 Å². The lowest BCUT2D eigenvalue weighted by Crippen LogP contribution is -2.52. The molecule has 3 aliphatic heterocycles. The van der Waals surface area contributed by atoms with Crippen LogP contribution in [0.4, 0.5) is 0 Å². The van der Waals surface area contributed by atoms with Crippen molar-refractivity contribution in [2.24, 2.45) is 5.41 Å². The standard InChI is InChI=1S/C23H34N4O2/c1-20(28)26-12-14-27(15-13-26)22(29)17-25-11-9-23(19-25)8-5-10-24(18-23)16-21-6-3-2-4-7-21/h2-4,6-7H,5,8-19H2,1H3. The van der Waals surface area contributed by atoms with Crippen LogP contribution in [0.25, 0.3) is 0 Å². The van der Waals surface area contributed by atoms with E-state index in [4.69, 9.17) is 0 Å². The minimum Gasteiger partial charge on any atom is -0.339 e. The van der Waals surface area contributed by atoms with Crippen LogP contribution < -0.4 is 0 Å². The number of carbonyl (C=O) groups excluding carboxylic acids is 2. The molecule has 6 nitrogen and oxygen atoms in total. The maximum Gasteiger partial charge on any atom is 0.236 e. The lowest BCUT2D eigenvalue weighted by molar-refractivity contribution is -0.139. The number of carbonyl (C=O) groups is 2. The van der Waals surface area contributed by atoms with Gasteiger partial charge in [0.25, 0.3) is 0 Å². The number of hydrogen-bond donors (Lipinski definition) is 0.